The number of aromatic nitrogens is 2. The molecule has 0 aliphatic heterocycles. The number of hydrogen-bond donors (Lipinski definition) is 1. The Morgan fingerprint density at radius 2 is 2.00 bits per heavy atom. The van der Waals surface area contributed by atoms with Crippen molar-refractivity contribution in [2.75, 3.05) is 18.5 Å². The summed E-state index contributed by atoms with van der Waals surface area (Å²) in [6.45, 7) is 5.94. The van der Waals surface area contributed by atoms with Gasteiger partial charge in [-0.15, -0.1) is 0 Å². The van der Waals surface area contributed by atoms with Gasteiger partial charge in [0.15, 0.2) is 5.69 Å². The molecule has 0 aliphatic rings. The van der Waals surface area contributed by atoms with Crippen molar-refractivity contribution in [1.29, 1.82) is 0 Å². The van der Waals surface area contributed by atoms with Crippen LogP contribution in [0.4, 0.5) is 5.69 Å². The fourth-order valence-electron chi connectivity index (χ4n) is 2.14. The number of pyridine rings is 1. The van der Waals surface area contributed by atoms with Gasteiger partial charge in [-0.25, -0.2) is 14.6 Å². The SMILES string of the molecule is CCOC(=O)c1c(NCc2cccc(OCC)n2)ccn1OC(C)=O. The molecule has 8 heteroatoms. The van der Waals surface area contributed by atoms with Crippen LogP contribution in [-0.4, -0.2) is 34.9 Å². The molecule has 0 aromatic carbocycles. The zero-order valence-electron chi connectivity index (χ0n) is 14.4. The number of anilines is 1. The van der Waals surface area contributed by atoms with E-state index in [0.717, 1.165) is 10.4 Å². The summed E-state index contributed by atoms with van der Waals surface area (Å²) in [6, 6.07) is 7.07. The Hall–Kier alpha value is -3.03. The maximum absolute atomic E-state index is 12.2. The topological polar surface area (TPSA) is 91.7 Å². The second-order valence-electron chi connectivity index (χ2n) is 4.96. The van der Waals surface area contributed by atoms with Crippen LogP contribution < -0.4 is 14.9 Å². The van der Waals surface area contributed by atoms with Crippen molar-refractivity contribution in [3.63, 3.8) is 0 Å². The quantitative estimate of drug-likeness (QED) is 0.731. The molecule has 25 heavy (non-hydrogen) atoms. The van der Waals surface area contributed by atoms with Crippen LogP contribution in [-0.2, 0) is 16.1 Å². The van der Waals surface area contributed by atoms with Crippen LogP contribution in [0.2, 0.25) is 0 Å². The first kappa shape index (κ1) is 18.3. The largest absolute Gasteiger partial charge is 0.478 e. The zero-order chi connectivity index (χ0) is 18.2. The molecule has 1 N–H and O–H groups in total. The van der Waals surface area contributed by atoms with E-state index in [1.807, 2.05) is 19.1 Å². The van der Waals surface area contributed by atoms with Gasteiger partial charge in [-0.3, -0.25) is 0 Å². The zero-order valence-corrected chi connectivity index (χ0v) is 14.4. The summed E-state index contributed by atoms with van der Waals surface area (Å²) >= 11 is 0. The number of nitrogens with zero attached hydrogens (tertiary/aromatic N) is 2. The molecule has 0 bridgehead atoms. The summed E-state index contributed by atoms with van der Waals surface area (Å²) in [4.78, 5) is 32.7. The standard InChI is InChI=1S/C17H21N3O5/c1-4-23-15-8-6-7-13(19-15)11-18-14-9-10-20(25-12(3)21)16(14)17(22)24-5-2/h6-10,18H,4-5,11H2,1-3H3. The molecule has 0 saturated heterocycles. The molecular formula is C17H21N3O5. The van der Waals surface area contributed by atoms with Gasteiger partial charge in [0.2, 0.25) is 5.88 Å². The third kappa shape index (κ3) is 4.97. The van der Waals surface area contributed by atoms with E-state index < -0.39 is 11.9 Å². The van der Waals surface area contributed by atoms with Gasteiger partial charge in [-0.2, -0.15) is 4.73 Å². The summed E-state index contributed by atoms with van der Waals surface area (Å²) < 4.78 is 11.5. The molecule has 0 amide bonds. The lowest BCUT2D eigenvalue weighted by atomic mass is 10.3. The lowest BCUT2D eigenvalue weighted by molar-refractivity contribution is -0.141. The normalized spacial score (nSPS) is 10.2. The second-order valence-corrected chi connectivity index (χ2v) is 4.96. The minimum absolute atomic E-state index is 0.109. The average molecular weight is 347 g/mol. The first-order chi connectivity index (χ1) is 12.0. The molecule has 0 fully saturated rings. The summed E-state index contributed by atoms with van der Waals surface area (Å²) in [5.74, 6) is -0.601. The molecule has 0 atom stereocenters. The van der Waals surface area contributed by atoms with Crippen molar-refractivity contribution in [3.8, 4) is 5.88 Å². The van der Waals surface area contributed by atoms with Gasteiger partial charge >= 0.3 is 11.9 Å². The summed E-state index contributed by atoms with van der Waals surface area (Å²) in [6.07, 6.45) is 1.47. The van der Waals surface area contributed by atoms with Crippen LogP contribution in [0.3, 0.4) is 0 Å². The van der Waals surface area contributed by atoms with Crippen LogP contribution in [0, 0.1) is 0 Å². The lowest BCUT2D eigenvalue weighted by Gasteiger charge is -2.11. The Bertz CT molecular complexity index is 742. The molecule has 2 aromatic rings. The van der Waals surface area contributed by atoms with E-state index in [1.165, 1.54) is 13.1 Å². The number of esters is 1. The Labute approximate surface area is 145 Å². The highest BCUT2D eigenvalue weighted by atomic mass is 16.7. The van der Waals surface area contributed by atoms with Crippen LogP contribution in [0.5, 0.6) is 5.88 Å². The van der Waals surface area contributed by atoms with Gasteiger partial charge in [-0.1, -0.05) is 6.07 Å². The number of rotatable bonds is 8. The second kappa shape index (κ2) is 8.72. The number of nitrogens with one attached hydrogen (secondary N) is 1. The minimum atomic E-state index is -0.590. The van der Waals surface area contributed by atoms with E-state index in [-0.39, 0.29) is 12.3 Å². The third-order valence-electron chi connectivity index (χ3n) is 3.08. The molecule has 0 unspecified atom stereocenters. The van der Waals surface area contributed by atoms with Gasteiger partial charge in [0, 0.05) is 19.2 Å². The van der Waals surface area contributed by atoms with Gasteiger partial charge in [0.25, 0.3) is 0 Å². The maximum Gasteiger partial charge on any atom is 0.360 e. The van der Waals surface area contributed by atoms with Crippen LogP contribution >= 0.6 is 0 Å². The van der Waals surface area contributed by atoms with E-state index in [1.54, 1.807) is 19.1 Å². The Kier molecular flexibility index (Phi) is 6.39. The predicted molar refractivity (Wildman–Crippen MR) is 90.4 cm³/mol. The van der Waals surface area contributed by atoms with Crippen molar-refractivity contribution in [2.45, 2.75) is 27.3 Å². The Balaban J connectivity index is 2.18. The average Bonchev–Trinajstić information content (AvgIpc) is 2.96. The van der Waals surface area contributed by atoms with Gasteiger partial charge in [0.1, 0.15) is 0 Å². The first-order valence-corrected chi connectivity index (χ1v) is 7.95. The van der Waals surface area contributed by atoms with Crippen molar-refractivity contribution < 1.29 is 23.9 Å². The molecule has 0 aliphatic carbocycles. The molecular weight excluding hydrogens is 326 g/mol. The van der Waals surface area contributed by atoms with Crippen molar-refractivity contribution in [2.24, 2.45) is 0 Å². The van der Waals surface area contributed by atoms with Gasteiger partial charge < -0.3 is 19.6 Å². The summed E-state index contributed by atoms with van der Waals surface area (Å²) in [5.41, 5.74) is 1.32. The highest BCUT2D eigenvalue weighted by Gasteiger charge is 2.20. The van der Waals surface area contributed by atoms with Crippen LogP contribution in [0.15, 0.2) is 30.5 Å². The molecule has 8 nitrogen and oxygen atoms in total. The minimum Gasteiger partial charge on any atom is -0.478 e. The number of carbonyl (C=O) groups excluding carboxylic acids is 2. The fourth-order valence-corrected chi connectivity index (χ4v) is 2.14. The Morgan fingerprint density at radius 1 is 1.20 bits per heavy atom. The van der Waals surface area contributed by atoms with E-state index in [4.69, 9.17) is 14.3 Å². The molecule has 0 radical (unpaired) electrons. The van der Waals surface area contributed by atoms with E-state index in [2.05, 4.69) is 10.3 Å². The number of hydrogen-bond acceptors (Lipinski definition) is 7. The molecule has 134 valence electrons. The number of ether oxygens (including phenoxy) is 2. The number of carbonyl (C=O) groups is 2. The molecule has 2 aromatic heterocycles. The first-order valence-electron chi connectivity index (χ1n) is 7.95. The third-order valence-corrected chi connectivity index (χ3v) is 3.08. The van der Waals surface area contributed by atoms with Gasteiger partial charge in [-0.05, 0) is 26.0 Å². The van der Waals surface area contributed by atoms with Crippen molar-refractivity contribution in [1.82, 2.24) is 9.71 Å². The summed E-state index contributed by atoms with van der Waals surface area (Å²) in [5, 5.41) is 3.10. The highest BCUT2D eigenvalue weighted by Crippen LogP contribution is 2.19. The molecule has 0 spiro atoms. The smallest absolute Gasteiger partial charge is 0.360 e. The highest BCUT2D eigenvalue weighted by molar-refractivity contribution is 5.94. The van der Waals surface area contributed by atoms with Crippen molar-refractivity contribution >= 4 is 17.6 Å². The monoisotopic (exact) mass is 347 g/mol. The molecule has 0 saturated carbocycles. The van der Waals surface area contributed by atoms with Crippen LogP contribution in [0.1, 0.15) is 37.0 Å². The maximum atomic E-state index is 12.2. The van der Waals surface area contributed by atoms with E-state index in [0.29, 0.717) is 24.7 Å². The predicted octanol–water partition coefficient (Wildman–Crippen LogP) is 2.05. The van der Waals surface area contributed by atoms with Gasteiger partial charge in [0.05, 0.1) is 31.1 Å². The molecule has 2 heterocycles. The van der Waals surface area contributed by atoms with Crippen LogP contribution in [0.25, 0.3) is 0 Å². The Morgan fingerprint density at radius 3 is 2.68 bits per heavy atom. The lowest BCUT2D eigenvalue weighted by Crippen LogP contribution is -2.22. The summed E-state index contributed by atoms with van der Waals surface area (Å²) in [7, 11) is 0. The van der Waals surface area contributed by atoms with E-state index >= 15 is 0 Å². The molecule has 2 rings (SSSR count). The fraction of sp³-hybridized carbons (Fsp3) is 0.353. The van der Waals surface area contributed by atoms with Crippen molar-refractivity contribution in [3.05, 3.63) is 41.9 Å². The van der Waals surface area contributed by atoms with E-state index in [9.17, 15) is 9.59 Å².